The summed E-state index contributed by atoms with van der Waals surface area (Å²) in [6.45, 7) is 0. The molecule has 0 aliphatic carbocycles. The van der Waals surface area contributed by atoms with Crippen molar-refractivity contribution in [2.45, 2.75) is 31.3 Å². The van der Waals surface area contributed by atoms with Gasteiger partial charge in [-0.3, -0.25) is 4.79 Å². The van der Waals surface area contributed by atoms with E-state index in [-0.39, 0.29) is 34.1 Å². The van der Waals surface area contributed by atoms with E-state index in [1.165, 1.54) is 29.3 Å². The molecule has 10 nitrogen and oxygen atoms in total. The number of aromatic amines is 1. The van der Waals surface area contributed by atoms with Gasteiger partial charge in [-0.2, -0.15) is 9.07 Å². The van der Waals surface area contributed by atoms with E-state index in [0.29, 0.717) is 47.9 Å². The summed E-state index contributed by atoms with van der Waals surface area (Å²) in [6.07, 6.45) is 6.10. The van der Waals surface area contributed by atoms with Gasteiger partial charge in [-0.25, -0.2) is 14.4 Å². The van der Waals surface area contributed by atoms with Gasteiger partial charge in [0.2, 0.25) is 11.9 Å². The summed E-state index contributed by atoms with van der Waals surface area (Å²) in [5, 5.41) is 13.9. The molecule has 4 aromatic rings. The first kappa shape index (κ1) is 23.2. The molecule has 0 saturated carbocycles. The summed E-state index contributed by atoms with van der Waals surface area (Å²) in [7, 11) is 1.66. The fourth-order valence-electron chi connectivity index (χ4n) is 5.12. The van der Waals surface area contributed by atoms with Gasteiger partial charge in [0.15, 0.2) is 5.82 Å². The fraction of sp³-hybridized carbons (Fsp3) is 0.250. The molecular weight excluding hydrogens is 504 g/mol. The molecule has 1 amide bonds. The molecule has 3 aromatic heterocycles. The van der Waals surface area contributed by atoms with Gasteiger partial charge in [-0.05, 0) is 59.5 Å². The maximum Gasteiger partial charge on any atom is 0.247 e. The molecule has 1 fully saturated rings. The number of hydrogen-bond donors (Lipinski definition) is 2. The smallest absolute Gasteiger partial charge is 0.247 e. The van der Waals surface area contributed by atoms with Gasteiger partial charge < -0.3 is 15.2 Å². The molecule has 0 bridgehead atoms. The normalized spacial score (nSPS) is 19.2. The van der Waals surface area contributed by atoms with Crippen LogP contribution in [0.3, 0.4) is 0 Å². The highest BCUT2D eigenvalue weighted by Crippen LogP contribution is 2.44. The molecule has 2 atom stereocenters. The Hall–Kier alpha value is -4.19. The average Bonchev–Trinajstić information content (AvgIpc) is 3.66. The Morgan fingerprint density at radius 1 is 1.19 bits per heavy atom. The van der Waals surface area contributed by atoms with Crippen LogP contribution in [0.4, 0.5) is 14.6 Å². The molecule has 0 spiro atoms. The van der Waals surface area contributed by atoms with E-state index in [1.807, 2.05) is 0 Å². The number of aromatic nitrogens is 7. The van der Waals surface area contributed by atoms with Crippen LogP contribution in [-0.4, -0.2) is 59.1 Å². The van der Waals surface area contributed by atoms with Crippen molar-refractivity contribution in [1.82, 2.24) is 40.1 Å². The lowest BCUT2D eigenvalue weighted by molar-refractivity contribution is -0.129. The van der Waals surface area contributed by atoms with Gasteiger partial charge in [0.1, 0.15) is 18.0 Å². The predicted molar refractivity (Wildman–Crippen MR) is 131 cm³/mol. The minimum Gasteiger partial charge on any atom is -0.373 e. The van der Waals surface area contributed by atoms with Crippen LogP contribution in [0.1, 0.15) is 36.7 Å². The molecule has 5 heterocycles. The van der Waals surface area contributed by atoms with Gasteiger partial charge in [0.25, 0.3) is 0 Å². The van der Waals surface area contributed by atoms with E-state index < -0.39 is 11.8 Å². The van der Waals surface area contributed by atoms with Crippen LogP contribution in [0.2, 0.25) is 5.02 Å². The first-order valence-corrected chi connectivity index (χ1v) is 12.0. The van der Waals surface area contributed by atoms with E-state index in [0.717, 1.165) is 0 Å². The maximum absolute atomic E-state index is 15.3. The highest BCUT2D eigenvalue weighted by Gasteiger charge is 2.42. The molecule has 2 aliphatic heterocycles. The third kappa shape index (κ3) is 3.93. The highest BCUT2D eigenvalue weighted by molar-refractivity contribution is 6.31. The molecule has 2 N–H and O–H groups in total. The molecule has 13 heteroatoms. The Labute approximate surface area is 214 Å². The number of amides is 1. The van der Waals surface area contributed by atoms with Crippen molar-refractivity contribution in [3.8, 4) is 16.9 Å². The summed E-state index contributed by atoms with van der Waals surface area (Å²) in [5.41, 5.74) is 1.87. The summed E-state index contributed by atoms with van der Waals surface area (Å²) in [6, 6.07) is 5.85. The Morgan fingerprint density at radius 2 is 2.05 bits per heavy atom. The largest absolute Gasteiger partial charge is 0.373 e. The number of carbonyl (C=O) groups excluding carboxylic acids is 1. The lowest BCUT2D eigenvalue weighted by Gasteiger charge is -2.33. The zero-order valence-electron chi connectivity index (χ0n) is 19.5. The second kappa shape index (κ2) is 9.04. The van der Waals surface area contributed by atoms with Crippen LogP contribution in [0, 0.1) is 11.8 Å². The topological polar surface area (TPSA) is 118 Å². The third-order valence-electron chi connectivity index (χ3n) is 6.81. The number of halogens is 3. The SMILES string of the molecule is CNc1ccc(-c2cnc([C@@H]3CCC4CC(c5c(-n6cnnn6)ccc(Cl)c5F)=CC(=O)N43)[nH]2)c(F)n1. The van der Waals surface area contributed by atoms with Crippen molar-refractivity contribution in [2.24, 2.45) is 0 Å². The number of carbonyl (C=O) groups is 1. The van der Waals surface area contributed by atoms with E-state index >= 15 is 4.39 Å². The van der Waals surface area contributed by atoms with Crippen molar-refractivity contribution in [2.75, 3.05) is 12.4 Å². The summed E-state index contributed by atoms with van der Waals surface area (Å²) < 4.78 is 31.1. The third-order valence-corrected chi connectivity index (χ3v) is 7.10. The Morgan fingerprint density at radius 3 is 2.81 bits per heavy atom. The summed E-state index contributed by atoms with van der Waals surface area (Å²) in [4.78, 5) is 26.6. The second-order valence-corrected chi connectivity index (χ2v) is 9.25. The number of rotatable bonds is 5. The lowest BCUT2D eigenvalue weighted by atomic mass is 9.92. The maximum atomic E-state index is 15.3. The number of pyridine rings is 1. The quantitative estimate of drug-likeness (QED) is 0.380. The lowest BCUT2D eigenvalue weighted by Crippen LogP contribution is -2.39. The average molecular weight is 524 g/mol. The van der Waals surface area contributed by atoms with Crippen molar-refractivity contribution in [3.63, 3.8) is 0 Å². The molecule has 1 unspecified atom stereocenters. The Balaban J connectivity index is 1.31. The first-order valence-electron chi connectivity index (χ1n) is 11.6. The van der Waals surface area contributed by atoms with E-state index in [1.54, 1.807) is 30.1 Å². The van der Waals surface area contributed by atoms with E-state index in [4.69, 9.17) is 11.6 Å². The van der Waals surface area contributed by atoms with Crippen molar-refractivity contribution in [1.29, 1.82) is 0 Å². The van der Waals surface area contributed by atoms with Gasteiger partial charge in [-0.1, -0.05) is 11.6 Å². The molecule has 2 aliphatic rings. The van der Waals surface area contributed by atoms with Gasteiger partial charge in [-0.15, -0.1) is 5.10 Å². The standard InChI is InChI=1S/C24H20ClF2N9O/c1-28-19-7-3-14(23(27)32-19)16-10-29-24(31-16)18-5-2-13-8-12(9-20(37)36(13)18)21-17(35-11-30-33-34-35)6-4-15(25)22(21)26/h3-4,6-7,9-11,13,18H,2,5,8H2,1H3,(H,28,32)(H,29,31)/t13?,18-/m0/s1. The number of fused-ring (bicyclic) bond motifs is 1. The number of anilines is 1. The van der Waals surface area contributed by atoms with Crippen LogP contribution < -0.4 is 5.32 Å². The minimum absolute atomic E-state index is 0.0560. The van der Waals surface area contributed by atoms with Crippen LogP contribution >= 0.6 is 11.6 Å². The Kier molecular flexibility index (Phi) is 5.67. The number of tetrazole rings is 1. The van der Waals surface area contributed by atoms with Crippen LogP contribution in [0.15, 0.2) is 42.9 Å². The number of benzene rings is 1. The molecule has 0 radical (unpaired) electrons. The highest BCUT2D eigenvalue weighted by atomic mass is 35.5. The molecule has 1 saturated heterocycles. The van der Waals surface area contributed by atoms with Crippen LogP contribution in [0.25, 0.3) is 22.5 Å². The summed E-state index contributed by atoms with van der Waals surface area (Å²) in [5.74, 6) is -0.550. The number of nitrogens with one attached hydrogen (secondary N) is 2. The molecule has 37 heavy (non-hydrogen) atoms. The number of nitrogens with zero attached hydrogens (tertiary/aromatic N) is 7. The van der Waals surface area contributed by atoms with Gasteiger partial charge in [0, 0.05) is 24.7 Å². The van der Waals surface area contributed by atoms with Crippen molar-refractivity contribution >= 4 is 28.9 Å². The van der Waals surface area contributed by atoms with Crippen LogP contribution in [-0.2, 0) is 4.79 Å². The predicted octanol–water partition coefficient (Wildman–Crippen LogP) is 3.94. The van der Waals surface area contributed by atoms with Crippen molar-refractivity contribution < 1.29 is 13.6 Å². The summed E-state index contributed by atoms with van der Waals surface area (Å²) >= 11 is 6.09. The molecular formula is C24H20ClF2N9O. The molecule has 6 rings (SSSR count). The second-order valence-electron chi connectivity index (χ2n) is 8.84. The minimum atomic E-state index is -0.632. The zero-order chi connectivity index (χ0) is 25.7. The number of hydrogen-bond acceptors (Lipinski definition) is 7. The van der Waals surface area contributed by atoms with E-state index in [9.17, 15) is 9.18 Å². The molecule has 1 aromatic carbocycles. The van der Waals surface area contributed by atoms with Crippen molar-refractivity contribution in [3.05, 3.63) is 71.0 Å². The van der Waals surface area contributed by atoms with Crippen LogP contribution in [0.5, 0.6) is 0 Å². The van der Waals surface area contributed by atoms with Gasteiger partial charge >= 0.3 is 0 Å². The Bertz CT molecular complexity index is 1540. The number of imidazole rings is 1. The zero-order valence-corrected chi connectivity index (χ0v) is 20.2. The molecule has 188 valence electrons. The first-order chi connectivity index (χ1) is 17.9. The van der Waals surface area contributed by atoms with E-state index in [2.05, 4.69) is 35.8 Å². The fourth-order valence-corrected chi connectivity index (χ4v) is 5.28. The van der Waals surface area contributed by atoms with Gasteiger partial charge in [0.05, 0.1) is 34.2 Å². The number of H-pyrrole nitrogens is 1. The monoisotopic (exact) mass is 523 g/mol.